The van der Waals surface area contributed by atoms with Crippen molar-refractivity contribution in [3.8, 4) is 11.5 Å². The summed E-state index contributed by atoms with van der Waals surface area (Å²) in [6.07, 6.45) is 4.00. The Bertz CT molecular complexity index is 707. The van der Waals surface area contributed by atoms with Gasteiger partial charge in [-0.15, -0.1) is 0 Å². The quantitative estimate of drug-likeness (QED) is 0.670. The van der Waals surface area contributed by atoms with Gasteiger partial charge in [-0.25, -0.2) is 0 Å². The van der Waals surface area contributed by atoms with E-state index in [0.717, 1.165) is 29.9 Å². The van der Waals surface area contributed by atoms with E-state index >= 15 is 0 Å². The third-order valence-electron chi connectivity index (χ3n) is 4.30. The van der Waals surface area contributed by atoms with Crippen molar-refractivity contribution in [3.05, 3.63) is 58.7 Å². The highest BCUT2D eigenvalue weighted by atomic mass is 16.5. The van der Waals surface area contributed by atoms with Crippen molar-refractivity contribution in [3.63, 3.8) is 0 Å². The third kappa shape index (κ3) is 4.16. The van der Waals surface area contributed by atoms with Gasteiger partial charge in [-0.2, -0.15) is 0 Å². The fourth-order valence-corrected chi connectivity index (χ4v) is 2.80. The Morgan fingerprint density at radius 1 is 0.958 bits per heavy atom. The minimum absolute atomic E-state index is 0.124. The summed E-state index contributed by atoms with van der Waals surface area (Å²) in [6, 6.07) is 12.7. The molecule has 0 amide bonds. The summed E-state index contributed by atoms with van der Waals surface area (Å²) in [5, 5.41) is 0. The van der Waals surface area contributed by atoms with E-state index in [4.69, 9.17) is 14.5 Å². The smallest absolute Gasteiger partial charge is 0.161 e. The second kappa shape index (κ2) is 8.53. The number of aryl methyl sites for hydroxylation is 2. The van der Waals surface area contributed by atoms with Crippen molar-refractivity contribution in [2.45, 2.75) is 39.7 Å². The van der Waals surface area contributed by atoms with Gasteiger partial charge in [0.2, 0.25) is 0 Å². The molecule has 24 heavy (non-hydrogen) atoms. The van der Waals surface area contributed by atoms with Crippen LogP contribution in [0.2, 0.25) is 0 Å². The lowest BCUT2D eigenvalue weighted by Crippen LogP contribution is -1.99. The average Bonchev–Trinajstić information content (AvgIpc) is 2.65. The molecule has 1 unspecified atom stereocenters. The van der Waals surface area contributed by atoms with Gasteiger partial charge in [0.05, 0.1) is 20.3 Å². The first kappa shape index (κ1) is 18.1. The second-order valence-corrected chi connectivity index (χ2v) is 5.81. The molecule has 0 saturated carbocycles. The second-order valence-electron chi connectivity index (χ2n) is 5.81. The van der Waals surface area contributed by atoms with Gasteiger partial charge >= 0.3 is 0 Å². The SMILES string of the molecule is CCc1ccc(C(C)N=Cc2ccc(OC)c(OC)c2)c(CC)c1. The Balaban J connectivity index is 2.23. The van der Waals surface area contributed by atoms with E-state index in [1.54, 1.807) is 14.2 Å². The first-order chi connectivity index (χ1) is 11.6. The lowest BCUT2D eigenvalue weighted by atomic mass is 9.96. The summed E-state index contributed by atoms with van der Waals surface area (Å²) in [6.45, 7) is 6.52. The predicted molar refractivity (Wildman–Crippen MR) is 101 cm³/mol. The van der Waals surface area contributed by atoms with Crippen LogP contribution in [0, 0.1) is 0 Å². The molecule has 0 radical (unpaired) electrons. The Labute approximate surface area is 145 Å². The van der Waals surface area contributed by atoms with Crippen LogP contribution in [0.1, 0.15) is 49.1 Å². The van der Waals surface area contributed by atoms with E-state index in [0.29, 0.717) is 0 Å². The zero-order valence-corrected chi connectivity index (χ0v) is 15.3. The molecule has 128 valence electrons. The predicted octanol–water partition coefficient (Wildman–Crippen LogP) is 5.01. The van der Waals surface area contributed by atoms with Crippen molar-refractivity contribution in [2.75, 3.05) is 14.2 Å². The van der Waals surface area contributed by atoms with Crippen LogP contribution < -0.4 is 9.47 Å². The topological polar surface area (TPSA) is 30.8 Å². The molecule has 0 aliphatic rings. The first-order valence-corrected chi connectivity index (χ1v) is 8.49. The maximum atomic E-state index is 5.34. The average molecular weight is 325 g/mol. The lowest BCUT2D eigenvalue weighted by Gasteiger charge is -2.14. The molecule has 0 spiro atoms. The number of methoxy groups -OCH3 is 2. The molecule has 2 aromatic rings. The molecule has 3 nitrogen and oxygen atoms in total. The fraction of sp³-hybridized carbons (Fsp3) is 0.381. The van der Waals surface area contributed by atoms with E-state index in [-0.39, 0.29) is 6.04 Å². The first-order valence-electron chi connectivity index (χ1n) is 8.49. The van der Waals surface area contributed by atoms with Crippen molar-refractivity contribution in [2.24, 2.45) is 4.99 Å². The number of hydrogen-bond donors (Lipinski definition) is 0. The van der Waals surface area contributed by atoms with Gasteiger partial charge in [-0.05, 0) is 60.2 Å². The number of ether oxygens (including phenoxy) is 2. The summed E-state index contributed by atoms with van der Waals surface area (Å²) in [5.74, 6) is 1.45. The molecule has 3 heteroatoms. The molecular weight excluding hydrogens is 298 g/mol. The molecule has 0 saturated heterocycles. The van der Waals surface area contributed by atoms with Crippen molar-refractivity contribution >= 4 is 6.21 Å². The van der Waals surface area contributed by atoms with Crippen LogP contribution in [0.5, 0.6) is 11.5 Å². The van der Waals surface area contributed by atoms with E-state index in [2.05, 4.69) is 39.0 Å². The van der Waals surface area contributed by atoms with Crippen LogP contribution in [0.3, 0.4) is 0 Å². The molecule has 0 heterocycles. The Morgan fingerprint density at radius 2 is 1.71 bits per heavy atom. The molecule has 0 aromatic heterocycles. The van der Waals surface area contributed by atoms with E-state index < -0.39 is 0 Å². The number of aliphatic imine (C=N–C) groups is 1. The minimum atomic E-state index is 0.124. The zero-order chi connectivity index (χ0) is 17.5. The molecule has 0 fully saturated rings. The van der Waals surface area contributed by atoms with E-state index in [1.165, 1.54) is 16.7 Å². The Hall–Kier alpha value is -2.29. The summed E-state index contributed by atoms with van der Waals surface area (Å²) < 4.78 is 10.6. The highest BCUT2D eigenvalue weighted by Gasteiger charge is 2.09. The van der Waals surface area contributed by atoms with Crippen molar-refractivity contribution in [1.82, 2.24) is 0 Å². The van der Waals surface area contributed by atoms with Gasteiger partial charge < -0.3 is 9.47 Å². The summed E-state index contributed by atoms with van der Waals surface area (Å²) in [4.78, 5) is 4.74. The number of rotatable bonds is 7. The number of hydrogen-bond acceptors (Lipinski definition) is 3. The van der Waals surface area contributed by atoms with Gasteiger partial charge in [-0.3, -0.25) is 4.99 Å². The lowest BCUT2D eigenvalue weighted by molar-refractivity contribution is 0.355. The summed E-state index contributed by atoms with van der Waals surface area (Å²) in [7, 11) is 3.28. The number of nitrogens with zero attached hydrogens (tertiary/aromatic N) is 1. The monoisotopic (exact) mass is 325 g/mol. The minimum Gasteiger partial charge on any atom is -0.493 e. The van der Waals surface area contributed by atoms with Crippen molar-refractivity contribution < 1.29 is 9.47 Å². The van der Waals surface area contributed by atoms with Crippen LogP contribution in [-0.2, 0) is 12.8 Å². The van der Waals surface area contributed by atoms with Gasteiger partial charge in [0.1, 0.15) is 0 Å². The Morgan fingerprint density at radius 3 is 2.33 bits per heavy atom. The van der Waals surface area contributed by atoms with Crippen LogP contribution in [-0.4, -0.2) is 20.4 Å². The molecule has 0 aliphatic heterocycles. The molecule has 0 bridgehead atoms. The normalized spacial score (nSPS) is 12.4. The Kier molecular flexibility index (Phi) is 6.42. The van der Waals surface area contributed by atoms with Crippen LogP contribution >= 0.6 is 0 Å². The maximum absolute atomic E-state index is 5.34. The van der Waals surface area contributed by atoms with Crippen molar-refractivity contribution in [1.29, 1.82) is 0 Å². The van der Waals surface area contributed by atoms with Gasteiger partial charge in [0.25, 0.3) is 0 Å². The highest BCUT2D eigenvalue weighted by Crippen LogP contribution is 2.28. The molecule has 2 aromatic carbocycles. The molecule has 1 atom stereocenters. The van der Waals surface area contributed by atoms with Gasteiger partial charge in [0, 0.05) is 6.21 Å². The number of benzene rings is 2. The molecule has 0 aliphatic carbocycles. The molecule has 0 N–H and O–H groups in total. The molecular formula is C21H27NO2. The molecule has 2 rings (SSSR count). The van der Waals surface area contributed by atoms with E-state index in [9.17, 15) is 0 Å². The summed E-state index contributed by atoms with van der Waals surface area (Å²) in [5.41, 5.74) is 5.06. The van der Waals surface area contributed by atoms with E-state index in [1.807, 2.05) is 24.4 Å². The maximum Gasteiger partial charge on any atom is 0.161 e. The fourth-order valence-electron chi connectivity index (χ4n) is 2.80. The van der Waals surface area contributed by atoms with Gasteiger partial charge in [-0.1, -0.05) is 32.0 Å². The zero-order valence-electron chi connectivity index (χ0n) is 15.3. The van der Waals surface area contributed by atoms with Crippen LogP contribution in [0.15, 0.2) is 41.4 Å². The summed E-state index contributed by atoms with van der Waals surface area (Å²) >= 11 is 0. The third-order valence-corrected chi connectivity index (χ3v) is 4.30. The standard InChI is InChI=1S/C21H27NO2/c1-6-16-8-10-19(18(7-2)12-16)15(3)22-14-17-9-11-20(23-4)21(13-17)24-5/h8-15H,6-7H2,1-5H3. The van der Waals surface area contributed by atoms with Crippen LogP contribution in [0.25, 0.3) is 0 Å². The van der Waals surface area contributed by atoms with Gasteiger partial charge in [0.15, 0.2) is 11.5 Å². The highest BCUT2D eigenvalue weighted by molar-refractivity contribution is 5.81. The largest absolute Gasteiger partial charge is 0.493 e. The van der Waals surface area contributed by atoms with Crippen LogP contribution in [0.4, 0.5) is 0 Å².